The Morgan fingerprint density at radius 1 is 0.743 bits per heavy atom. The molecule has 1 aliphatic rings. The van der Waals surface area contributed by atoms with E-state index in [1.807, 2.05) is 0 Å². The van der Waals surface area contributed by atoms with Gasteiger partial charge in [0.2, 0.25) is 11.8 Å². The first-order valence-corrected chi connectivity index (χ1v) is 11.1. The maximum Gasteiger partial charge on any atom is 0.253 e. The van der Waals surface area contributed by atoms with Crippen molar-refractivity contribution in [2.75, 3.05) is 79.1 Å². The molecule has 4 N–H and O–H groups in total. The number of hydrogen-bond acceptors (Lipinski definition) is 11. The minimum absolute atomic E-state index is 0.0112. The Labute approximate surface area is 203 Å². The number of hydrogen-bond donors (Lipinski definition) is 3. The van der Waals surface area contributed by atoms with Crippen LogP contribution in [0.2, 0.25) is 0 Å². The molecule has 0 fully saturated rings. The van der Waals surface area contributed by atoms with Crippen LogP contribution in [-0.2, 0) is 47.8 Å². The number of imide groups is 1. The molecule has 0 bridgehead atoms. The number of amides is 4. The lowest BCUT2D eigenvalue weighted by atomic mass is 10.2. The standard InChI is InChI=1S/C21H34N4O10/c22-35-16-19(28)24-6-9-32-11-12-33-14-17(26)2-1-8-31-10-13-34-15-18(27)23-5-7-25-20(29)3-4-21(25)30/h3-4H,1-2,5-16,22H2,(H,23,27)(H,24,28). The van der Waals surface area contributed by atoms with E-state index in [-0.39, 0.29) is 70.3 Å². The summed E-state index contributed by atoms with van der Waals surface area (Å²) in [6.45, 7) is 1.91. The summed E-state index contributed by atoms with van der Waals surface area (Å²) in [7, 11) is 0. The quantitative estimate of drug-likeness (QED) is 0.0804. The maximum absolute atomic E-state index is 11.7. The lowest BCUT2D eigenvalue weighted by molar-refractivity contribution is -0.137. The highest BCUT2D eigenvalue weighted by Gasteiger charge is 2.22. The summed E-state index contributed by atoms with van der Waals surface area (Å²) in [5, 5.41) is 5.09. The third kappa shape index (κ3) is 15.7. The van der Waals surface area contributed by atoms with E-state index in [1.54, 1.807) is 0 Å². The van der Waals surface area contributed by atoms with Crippen molar-refractivity contribution in [3.8, 4) is 0 Å². The molecular formula is C21H34N4O10. The molecule has 0 aromatic rings. The van der Waals surface area contributed by atoms with Crippen LogP contribution in [0.4, 0.5) is 0 Å². The van der Waals surface area contributed by atoms with Gasteiger partial charge in [0.1, 0.15) is 19.8 Å². The Morgan fingerprint density at radius 3 is 2.00 bits per heavy atom. The van der Waals surface area contributed by atoms with Crippen molar-refractivity contribution in [2.24, 2.45) is 5.90 Å². The predicted octanol–water partition coefficient (Wildman–Crippen LogP) is -2.55. The highest BCUT2D eigenvalue weighted by Crippen LogP contribution is 2.01. The van der Waals surface area contributed by atoms with E-state index in [1.165, 1.54) is 12.2 Å². The van der Waals surface area contributed by atoms with Gasteiger partial charge >= 0.3 is 0 Å². The van der Waals surface area contributed by atoms with Crippen LogP contribution in [0.3, 0.4) is 0 Å². The molecule has 35 heavy (non-hydrogen) atoms. The zero-order valence-electron chi connectivity index (χ0n) is 19.7. The first kappa shape index (κ1) is 30.3. The third-order valence-electron chi connectivity index (χ3n) is 4.33. The molecule has 0 aliphatic carbocycles. The average molecular weight is 503 g/mol. The summed E-state index contributed by atoms with van der Waals surface area (Å²) in [5.41, 5.74) is 0. The highest BCUT2D eigenvalue weighted by atomic mass is 16.6. The van der Waals surface area contributed by atoms with Crippen LogP contribution in [0.5, 0.6) is 0 Å². The van der Waals surface area contributed by atoms with Crippen LogP contribution in [0, 0.1) is 0 Å². The van der Waals surface area contributed by atoms with E-state index in [0.717, 1.165) is 4.90 Å². The van der Waals surface area contributed by atoms with E-state index < -0.39 is 11.8 Å². The number of nitrogens with two attached hydrogens (primary N) is 1. The molecule has 14 nitrogen and oxygen atoms in total. The molecule has 0 aromatic carbocycles. The van der Waals surface area contributed by atoms with E-state index in [0.29, 0.717) is 39.2 Å². The lowest BCUT2D eigenvalue weighted by Crippen LogP contribution is -2.39. The fraction of sp³-hybridized carbons (Fsp3) is 0.667. The van der Waals surface area contributed by atoms with Gasteiger partial charge in [0.25, 0.3) is 11.8 Å². The molecule has 0 saturated carbocycles. The largest absolute Gasteiger partial charge is 0.379 e. The van der Waals surface area contributed by atoms with Gasteiger partial charge in [0.05, 0.1) is 33.0 Å². The molecule has 0 spiro atoms. The molecule has 0 atom stereocenters. The van der Waals surface area contributed by atoms with Crippen LogP contribution in [-0.4, -0.2) is 113 Å². The van der Waals surface area contributed by atoms with Gasteiger partial charge in [-0.2, -0.15) is 0 Å². The van der Waals surface area contributed by atoms with E-state index >= 15 is 0 Å². The molecule has 0 unspecified atom stereocenters. The molecule has 0 radical (unpaired) electrons. The monoisotopic (exact) mass is 502 g/mol. The van der Waals surface area contributed by atoms with Crippen molar-refractivity contribution in [1.29, 1.82) is 0 Å². The minimum Gasteiger partial charge on any atom is -0.379 e. The number of Topliss-reactive ketones (excluding diaryl/α,β-unsaturated/α-hetero) is 1. The number of rotatable bonds is 22. The number of ether oxygens (including phenoxy) is 4. The molecular weight excluding hydrogens is 468 g/mol. The van der Waals surface area contributed by atoms with Crippen LogP contribution in [0.1, 0.15) is 12.8 Å². The van der Waals surface area contributed by atoms with Crippen molar-refractivity contribution in [3.05, 3.63) is 12.2 Å². The smallest absolute Gasteiger partial charge is 0.253 e. The highest BCUT2D eigenvalue weighted by molar-refractivity contribution is 6.12. The molecule has 14 heteroatoms. The molecule has 1 aliphatic heterocycles. The van der Waals surface area contributed by atoms with Crippen LogP contribution in [0.25, 0.3) is 0 Å². The maximum atomic E-state index is 11.7. The van der Waals surface area contributed by atoms with Gasteiger partial charge in [0, 0.05) is 44.8 Å². The second kappa shape index (κ2) is 19.5. The summed E-state index contributed by atoms with van der Waals surface area (Å²) >= 11 is 0. The Kier molecular flexibility index (Phi) is 16.9. The number of nitrogens with one attached hydrogen (secondary N) is 2. The summed E-state index contributed by atoms with van der Waals surface area (Å²) in [6, 6.07) is 0. The van der Waals surface area contributed by atoms with Gasteiger partial charge in [-0.3, -0.25) is 33.7 Å². The van der Waals surface area contributed by atoms with E-state index in [2.05, 4.69) is 15.5 Å². The van der Waals surface area contributed by atoms with Crippen molar-refractivity contribution < 1.29 is 47.8 Å². The number of carbonyl (C=O) groups excluding carboxylic acids is 5. The molecule has 4 amide bonds. The summed E-state index contributed by atoms with van der Waals surface area (Å²) in [4.78, 5) is 62.4. The van der Waals surface area contributed by atoms with Gasteiger partial charge in [0.15, 0.2) is 5.78 Å². The summed E-state index contributed by atoms with van der Waals surface area (Å²) in [5.74, 6) is 3.23. The first-order chi connectivity index (χ1) is 16.9. The van der Waals surface area contributed by atoms with E-state index in [9.17, 15) is 24.0 Å². The SMILES string of the molecule is NOCC(=O)NCCOCCOCC(=O)CCCOCCOCC(=O)NCCN1C(=O)C=CC1=O. The van der Waals surface area contributed by atoms with Crippen LogP contribution in [0.15, 0.2) is 12.2 Å². The van der Waals surface area contributed by atoms with Crippen LogP contribution < -0.4 is 16.5 Å². The Bertz CT molecular complexity index is 698. The number of nitrogens with zero attached hydrogens (tertiary/aromatic N) is 1. The van der Waals surface area contributed by atoms with Crippen molar-refractivity contribution in [3.63, 3.8) is 0 Å². The van der Waals surface area contributed by atoms with Gasteiger partial charge < -0.3 is 29.6 Å². The summed E-state index contributed by atoms with van der Waals surface area (Å²) < 4.78 is 21.0. The second-order valence-corrected chi connectivity index (χ2v) is 7.14. The molecule has 0 saturated heterocycles. The number of ketones is 1. The second-order valence-electron chi connectivity index (χ2n) is 7.14. The molecule has 1 heterocycles. The zero-order chi connectivity index (χ0) is 25.7. The molecule has 0 aromatic heterocycles. The van der Waals surface area contributed by atoms with Gasteiger partial charge in [-0.1, -0.05) is 0 Å². The fourth-order valence-corrected chi connectivity index (χ4v) is 2.63. The Hall–Kier alpha value is -2.75. The zero-order valence-corrected chi connectivity index (χ0v) is 19.7. The van der Waals surface area contributed by atoms with E-state index in [4.69, 9.17) is 24.8 Å². The predicted molar refractivity (Wildman–Crippen MR) is 120 cm³/mol. The fourth-order valence-electron chi connectivity index (χ4n) is 2.63. The van der Waals surface area contributed by atoms with Gasteiger partial charge in [-0.15, -0.1) is 0 Å². The average Bonchev–Trinajstić information content (AvgIpc) is 3.14. The normalized spacial score (nSPS) is 12.9. The lowest BCUT2D eigenvalue weighted by Gasteiger charge is -2.14. The number of carbonyl (C=O) groups is 5. The van der Waals surface area contributed by atoms with Gasteiger partial charge in [-0.25, -0.2) is 5.90 Å². The minimum atomic E-state index is -0.396. The topological polar surface area (TPSA) is 185 Å². The van der Waals surface area contributed by atoms with Crippen molar-refractivity contribution in [2.45, 2.75) is 12.8 Å². The molecule has 198 valence electrons. The van der Waals surface area contributed by atoms with Crippen LogP contribution >= 0.6 is 0 Å². The van der Waals surface area contributed by atoms with Gasteiger partial charge in [-0.05, 0) is 6.42 Å². The first-order valence-electron chi connectivity index (χ1n) is 11.1. The Balaban J connectivity index is 1.82. The molecule has 1 rings (SSSR count). The summed E-state index contributed by atoms with van der Waals surface area (Å²) in [6.07, 6.45) is 3.22. The Morgan fingerprint density at radius 2 is 1.31 bits per heavy atom. The van der Waals surface area contributed by atoms with Crippen molar-refractivity contribution >= 4 is 29.4 Å². The third-order valence-corrected chi connectivity index (χ3v) is 4.33. The van der Waals surface area contributed by atoms with Crippen molar-refractivity contribution in [1.82, 2.24) is 15.5 Å².